The van der Waals surface area contributed by atoms with Crippen LogP contribution in [0.2, 0.25) is 0 Å². The van der Waals surface area contributed by atoms with Gasteiger partial charge in [-0.25, -0.2) is 0 Å². The van der Waals surface area contributed by atoms with E-state index in [0.29, 0.717) is 25.0 Å². The van der Waals surface area contributed by atoms with Gasteiger partial charge in [-0.15, -0.1) is 12.4 Å². The van der Waals surface area contributed by atoms with Gasteiger partial charge in [-0.3, -0.25) is 4.79 Å². The van der Waals surface area contributed by atoms with Gasteiger partial charge in [0.05, 0.1) is 18.6 Å². The molecular formula is C13H25ClN2O3. The Labute approximate surface area is 121 Å². The summed E-state index contributed by atoms with van der Waals surface area (Å²) < 4.78 is 10.8. The molecule has 2 rings (SSSR count). The van der Waals surface area contributed by atoms with Gasteiger partial charge >= 0.3 is 0 Å². The van der Waals surface area contributed by atoms with Crippen LogP contribution in [-0.2, 0) is 14.3 Å². The molecule has 1 saturated carbocycles. The van der Waals surface area contributed by atoms with Crippen molar-refractivity contribution in [3.63, 3.8) is 0 Å². The van der Waals surface area contributed by atoms with E-state index < -0.39 is 0 Å². The molecule has 1 aliphatic heterocycles. The summed E-state index contributed by atoms with van der Waals surface area (Å²) in [6.45, 7) is 1.22. The van der Waals surface area contributed by atoms with E-state index in [1.807, 2.05) is 0 Å². The summed E-state index contributed by atoms with van der Waals surface area (Å²) in [6.07, 6.45) is 4.94. The van der Waals surface area contributed by atoms with Crippen molar-refractivity contribution >= 4 is 18.3 Å². The summed E-state index contributed by atoms with van der Waals surface area (Å²) in [4.78, 5) is 11.9. The largest absolute Gasteiger partial charge is 0.380 e. The highest BCUT2D eigenvalue weighted by Crippen LogP contribution is 2.34. The SMILES string of the molecule is COC(CN)CC(=O)NC1CCCC2OCCC12.Cl. The van der Waals surface area contributed by atoms with Crippen LogP contribution in [-0.4, -0.2) is 44.4 Å². The van der Waals surface area contributed by atoms with Gasteiger partial charge < -0.3 is 20.5 Å². The number of fused-ring (bicyclic) bond motifs is 1. The Hall–Kier alpha value is -0.360. The fraction of sp³-hybridized carbons (Fsp3) is 0.923. The van der Waals surface area contributed by atoms with E-state index >= 15 is 0 Å². The molecule has 1 amide bonds. The van der Waals surface area contributed by atoms with Crippen molar-refractivity contribution in [1.29, 1.82) is 0 Å². The molecule has 2 fully saturated rings. The van der Waals surface area contributed by atoms with Gasteiger partial charge in [-0.05, 0) is 25.7 Å². The molecule has 4 unspecified atom stereocenters. The van der Waals surface area contributed by atoms with E-state index in [4.69, 9.17) is 15.2 Å². The Balaban J connectivity index is 0.00000180. The Morgan fingerprint density at radius 2 is 2.26 bits per heavy atom. The van der Waals surface area contributed by atoms with E-state index in [-0.39, 0.29) is 30.5 Å². The molecule has 4 atom stereocenters. The summed E-state index contributed by atoms with van der Waals surface area (Å²) in [6, 6.07) is 0.272. The topological polar surface area (TPSA) is 73.6 Å². The highest BCUT2D eigenvalue weighted by molar-refractivity contribution is 5.85. The molecule has 3 N–H and O–H groups in total. The summed E-state index contributed by atoms with van der Waals surface area (Å²) in [5, 5.41) is 3.13. The third-order valence-corrected chi connectivity index (χ3v) is 4.14. The predicted molar refractivity (Wildman–Crippen MR) is 75.3 cm³/mol. The third-order valence-electron chi connectivity index (χ3n) is 4.14. The first-order valence-electron chi connectivity index (χ1n) is 6.88. The summed E-state index contributed by atoms with van der Waals surface area (Å²) in [5.74, 6) is 0.548. The fourth-order valence-corrected chi connectivity index (χ4v) is 3.09. The average Bonchev–Trinajstić information content (AvgIpc) is 2.85. The van der Waals surface area contributed by atoms with Crippen LogP contribution in [0.1, 0.15) is 32.1 Å². The molecule has 1 heterocycles. The average molecular weight is 293 g/mol. The maximum atomic E-state index is 11.9. The summed E-state index contributed by atoms with van der Waals surface area (Å²) in [7, 11) is 1.59. The second-order valence-electron chi connectivity index (χ2n) is 5.26. The first kappa shape index (κ1) is 16.7. The number of halogens is 1. The lowest BCUT2D eigenvalue weighted by atomic mass is 9.82. The number of hydrogen-bond acceptors (Lipinski definition) is 4. The number of hydrogen-bond donors (Lipinski definition) is 2. The molecule has 0 spiro atoms. The number of ether oxygens (including phenoxy) is 2. The second-order valence-corrected chi connectivity index (χ2v) is 5.26. The van der Waals surface area contributed by atoms with Gasteiger partial charge in [-0.1, -0.05) is 0 Å². The van der Waals surface area contributed by atoms with Crippen molar-refractivity contribution in [3.05, 3.63) is 0 Å². The molecule has 0 radical (unpaired) electrons. The molecule has 2 aliphatic rings. The lowest BCUT2D eigenvalue weighted by molar-refractivity contribution is -0.125. The van der Waals surface area contributed by atoms with Crippen molar-refractivity contribution < 1.29 is 14.3 Å². The highest BCUT2D eigenvalue weighted by atomic mass is 35.5. The number of nitrogens with one attached hydrogen (secondary N) is 1. The minimum Gasteiger partial charge on any atom is -0.380 e. The minimum atomic E-state index is -0.177. The smallest absolute Gasteiger partial charge is 0.222 e. The van der Waals surface area contributed by atoms with Crippen molar-refractivity contribution in [3.8, 4) is 0 Å². The molecule has 112 valence electrons. The highest BCUT2D eigenvalue weighted by Gasteiger charge is 2.38. The molecular weight excluding hydrogens is 268 g/mol. The number of methoxy groups -OCH3 is 1. The van der Waals surface area contributed by atoms with Crippen LogP contribution in [0, 0.1) is 5.92 Å². The van der Waals surface area contributed by atoms with Crippen molar-refractivity contribution in [2.75, 3.05) is 20.3 Å². The monoisotopic (exact) mass is 292 g/mol. The number of carbonyl (C=O) groups is 1. The molecule has 1 aliphatic carbocycles. The van der Waals surface area contributed by atoms with Gasteiger partial charge in [0.2, 0.25) is 5.91 Å². The van der Waals surface area contributed by atoms with E-state index in [9.17, 15) is 4.79 Å². The number of carbonyl (C=O) groups excluding carboxylic acids is 1. The first-order valence-corrected chi connectivity index (χ1v) is 6.88. The van der Waals surface area contributed by atoms with Crippen LogP contribution in [0.3, 0.4) is 0 Å². The quantitative estimate of drug-likeness (QED) is 0.788. The number of rotatable bonds is 5. The predicted octanol–water partition coefficient (Wildman–Crippen LogP) is 0.846. The van der Waals surface area contributed by atoms with Gasteiger partial charge in [0.1, 0.15) is 0 Å². The standard InChI is InChI=1S/C13H24N2O3.ClH/c1-17-9(8-14)7-13(16)15-11-3-2-4-12-10(11)5-6-18-12;/h9-12H,2-8,14H2,1H3,(H,15,16);1H. The Morgan fingerprint density at radius 1 is 1.47 bits per heavy atom. The molecule has 6 heteroatoms. The molecule has 5 nitrogen and oxygen atoms in total. The van der Waals surface area contributed by atoms with Crippen LogP contribution in [0.25, 0.3) is 0 Å². The Morgan fingerprint density at radius 3 is 2.95 bits per heavy atom. The maximum absolute atomic E-state index is 11.9. The lowest BCUT2D eigenvalue weighted by Gasteiger charge is -2.33. The summed E-state index contributed by atoms with van der Waals surface area (Å²) >= 11 is 0. The molecule has 0 aromatic rings. The molecule has 19 heavy (non-hydrogen) atoms. The van der Waals surface area contributed by atoms with Gasteiger partial charge in [0.15, 0.2) is 0 Å². The molecule has 0 aromatic carbocycles. The fourth-order valence-electron chi connectivity index (χ4n) is 3.09. The molecule has 0 bridgehead atoms. The van der Waals surface area contributed by atoms with Crippen molar-refractivity contribution in [2.24, 2.45) is 11.7 Å². The number of amides is 1. The van der Waals surface area contributed by atoms with E-state index in [2.05, 4.69) is 5.32 Å². The van der Waals surface area contributed by atoms with E-state index in [1.54, 1.807) is 7.11 Å². The van der Waals surface area contributed by atoms with Crippen LogP contribution in [0.5, 0.6) is 0 Å². The van der Waals surface area contributed by atoms with Gasteiger partial charge in [-0.2, -0.15) is 0 Å². The zero-order chi connectivity index (χ0) is 13.0. The van der Waals surface area contributed by atoms with E-state index in [0.717, 1.165) is 32.3 Å². The normalized spacial score (nSPS) is 31.2. The zero-order valence-corrected chi connectivity index (χ0v) is 12.3. The van der Waals surface area contributed by atoms with Crippen molar-refractivity contribution in [2.45, 2.75) is 50.4 Å². The van der Waals surface area contributed by atoms with Crippen LogP contribution < -0.4 is 11.1 Å². The lowest BCUT2D eigenvalue weighted by Crippen LogP contribution is -2.46. The van der Waals surface area contributed by atoms with Gasteiger partial charge in [0.25, 0.3) is 0 Å². The molecule has 1 saturated heterocycles. The van der Waals surface area contributed by atoms with Crippen LogP contribution >= 0.6 is 12.4 Å². The van der Waals surface area contributed by atoms with Crippen LogP contribution in [0.15, 0.2) is 0 Å². The first-order chi connectivity index (χ1) is 8.74. The zero-order valence-electron chi connectivity index (χ0n) is 11.5. The maximum Gasteiger partial charge on any atom is 0.222 e. The Kier molecular flexibility index (Phi) is 7.07. The second kappa shape index (κ2) is 8.04. The van der Waals surface area contributed by atoms with Gasteiger partial charge in [0, 0.05) is 32.2 Å². The third kappa shape index (κ3) is 4.31. The number of nitrogens with two attached hydrogens (primary N) is 1. The Bertz CT molecular complexity index is 287. The summed E-state index contributed by atoms with van der Waals surface area (Å²) in [5.41, 5.74) is 5.53. The molecule has 0 aromatic heterocycles. The minimum absolute atomic E-state index is 0. The van der Waals surface area contributed by atoms with Crippen LogP contribution in [0.4, 0.5) is 0 Å². The van der Waals surface area contributed by atoms with E-state index in [1.165, 1.54) is 0 Å². The van der Waals surface area contributed by atoms with Crippen molar-refractivity contribution in [1.82, 2.24) is 5.32 Å².